The Labute approximate surface area is 118 Å². The summed E-state index contributed by atoms with van der Waals surface area (Å²) in [4.78, 5) is 0. The molecule has 1 atom stereocenters. The molecular weight excluding hydrogens is 234 g/mol. The molecule has 2 heteroatoms. The number of hydrogen-bond donors (Lipinski definition) is 1. The highest BCUT2D eigenvalue weighted by atomic mass is 16.3. The molecule has 0 amide bonds. The third-order valence-corrected chi connectivity index (χ3v) is 4.16. The van der Waals surface area contributed by atoms with Crippen molar-refractivity contribution in [2.45, 2.75) is 72.3 Å². The first-order valence-corrected chi connectivity index (χ1v) is 7.84. The van der Waals surface area contributed by atoms with Crippen LogP contribution in [0.15, 0.2) is 10.5 Å². The van der Waals surface area contributed by atoms with Gasteiger partial charge < -0.3 is 9.73 Å². The fourth-order valence-corrected chi connectivity index (χ4v) is 3.19. The molecule has 0 spiro atoms. The average molecular weight is 263 g/mol. The minimum atomic E-state index is 0.346. The van der Waals surface area contributed by atoms with E-state index in [1.165, 1.54) is 43.4 Å². The second-order valence-corrected chi connectivity index (χ2v) is 6.85. The second-order valence-electron chi connectivity index (χ2n) is 6.85. The van der Waals surface area contributed by atoms with Crippen LogP contribution in [0.4, 0.5) is 0 Å². The smallest absolute Gasteiger partial charge is 0.109 e. The van der Waals surface area contributed by atoms with Crippen LogP contribution in [0.5, 0.6) is 0 Å². The van der Waals surface area contributed by atoms with Gasteiger partial charge in [0.1, 0.15) is 11.5 Å². The van der Waals surface area contributed by atoms with E-state index in [0.29, 0.717) is 11.5 Å². The molecule has 0 aromatic carbocycles. The molecule has 2 rings (SSSR count). The Bertz CT molecular complexity index is 405. The van der Waals surface area contributed by atoms with Crippen LogP contribution in [-0.4, -0.2) is 6.54 Å². The van der Waals surface area contributed by atoms with Crippen LogP contribution in [0.2, 0.25) is 0 Å². The van der Waals surface area contributed by atoms with Crippen LogP contribution in [0, 0.1) is 12.3 Å². The third kappa shape index (κ3) is 3.85. The lowest BCUT2D eigenvalue weighted by Crippen LogP contribution is -2.33. The predicted molar refractivity (Wildman–Crippen MR) is 80.4 cm³/mol. The van der Waals surface area contributed by atoms with E-state index in [2.05, 4.69) is 39.1 Å². The summed E-state index contributed by atoms with van der Waals surface area (Å²) in [6.07, 6.45) is 7.58. The van der Waals surface area contributed by atoms with E-state index in [9.17, 15) is 0 Å². The highest BCUT2D eigenvalue weighted by molar-refractivity contribution is 5.29. The van der Waals surface area contributed by atoms with Gasteiger partial charge in [-0.1, -0.05) is 40.0 Å². The summed E-state index contributed by atoms with van der Waals surface area (Å²) in [5, 5.41) is 3.75. The van der Waals surface area contributed by atoms with Crippen molar-refractivity contribution in [2.75, 3.05) is 6.54 Å². The van der Waals surface area contributed by atoms with Gasteiger partial charge in [0.25, 0.3) is 0 Å². The van der Waals surface area contributed by atoms with Gasteiger partial charge in [-0.05, 0) is 37.8 Å². The Morgan fingerprint density at radius 1 is 1.32 bits per heavy atom. The maximum Gasteiger partial charge on any atom is 0.109 e. The van der Waals surface area contributed by atoms with Crippen molar-refractivity contribution in [3.8, 4) is 0 Å². The van der Waals surface area contributed by atoms with E-state index in [1.807, 2.05) is 0 Å². The number of aryl methyl sites for hydroxylation is 1. The topological polar surface area (TPSA) is 25.2 Å². The maximum absolute atomic E-state index is 5.88. The zero-order chi connectivity index (χ0) is 13.9. The molecule has 2 nitrogen and oxygen atoms in total. The van der Waals surface area contributed by atoms with E-state index in [0.717, 1.165) is 18.7 Å². The van der Waals surface area contributed by atoms with Crippen LogP contribution in [-0.2, 0) is 6.42 Å². The van der Waals surface area contributed by atoms with Gasteiger partial charge in [-0.2, -0.15) is 0 Å². The Balaban J connectivity index is 1.95. The van der Waals surface area contributed by atoms with E-state index in [4.69, 9.17) is 4.42 Å². The number of nitrogens with one attached hydrogen (secondary N) is 1. The Morgan fingerprint density at radius 3 is 2.84 bits per heavy atom. The van der Waals surface area contributed by atoms with Crippen LogP contribution < -0.4 is 5.32 Å². The molecule has 0 aliphatic heterocycles. The molecule has 1 N–H and O–H groups in total. The van der Waals surface area contributed by atoms with Crippen molar-refractivity contribution < 1.29 is 4.42 Å². The van der Waals surface area contributed by atoms with Crippen molar-refractivity contribution in [2.24, 2.45) is 5.41 Å². The van der Waals surface area contributed by atoms with Crippen LogP contribution in [0.3, 0.4) is 0 Å². The summed E-state index contributed by atoms with van der Waals surface area (Å²) in [7, 11) is 0. The van der Waals surface area contributed by atoms with E-state index in [1.54, 1.807) is 0 Å². The standard InChI is InChI=1S/C17H29NO/c1-5-6-7-8-9-18-15-11-17(3,4)12-16-14(15)10-13(2)19-16/h10,15,18H,5-9,11-12H2,1-4H3. The monoisotopic (exact) mass is 263 g/mol. The fourth-order valence-electron chi connectivity index (χ4n) is 3.19. The van der Waals surface area contributed by atoms with E-state index >= 15 is 0 Å². The number of rotatable bonds is 6. The predicted octanol–water partition coefficient (Wildman–Crippen LogP) is 4.77. The molecular formula is C17H29NO. The fraction of sp³-hybridized carbons (Fsp3) is 0.765. The van der Waals surface area contributed by atoms with Crippen molar-refractivity contribution >= 4 is 0 Å². The number of furan rings is 1. The van der Waals surface area contributed by atoms with Crippen molar-refractivity contribution in [3.63, 3.8) is 0 Å². The van der Waals surface area contributed by atoms with Gasteiger partial charge in [-0.25, -0.2) is 0 Å². The van der Waals surface area contributed by atoms with Crippen molar-refractivity contribution in [3.05, 3.63) is 23.2 Å². The van der Waals surface area contributed by atoms with Gasteiger partial charge >= 0.3 is 0 Å². The van der Waals surface area contributed by atoms with Crippen molar-refractivity contribution in [1.29, 1.82) is 0 Å². The summed E-state index contributed by atoms with van der Waals surface area (Å²) in [5.74, 6) is 2.26. The summed E-state index contributed by atoms with van der Waals surface area (Å²) >= 11 is 0. The first-order chi connectivity index (χ1) is 9.02. The summed E-state index contributed by atoms with van der Waals surface area (Å²) < 4.78 is 5.88. The molecule has 0 radical (unpaired) electrons. The maximum atomic E-state index is 5.88. The molecule has 1 heterocycles. The normalized spacial score (nSPS) is 21.4. The van der Waals surface area contributed by atoms with Gasteiger partial charge in [-0.3, -0.25) is 0 Å². The minimum Gasteiger partial charge on any atom is -0.466 e. The molecule has 0 bridgehead atoms. The highest BCUT2D eigenvalue weighted by Gasteiger charge is 2.34. The van der Waals surface area contributed by atoms with Crippen molar-refractivity contribution in [1.82, 2.24) is 5.32 Å². The molecule has 1 aliphatic rings. The molecule has 108 valence electrons. The molecule has 19 heavy (non-hydrogen) atoms. The lowest BCUT2D eigenvalue weighted by atomic mass is 9.74. The van der Waals surface area contributed by atoms with Crippen LogP contribution in [0.25, 0.3) is 0 Å². The molecule has 1 aromatic heterocycles. The summed E-state index contributed by atoms with van der Waals surface area (Å²) in [6.45, 7) is 10.1. The van der Waals surface area contributed by atoms with Gasteiger partial charge in [0.15, 0.2) is 0 Å². The lowest BCUT2D eigenvalue weighted by Gasteiger charge is -2.34. The number of hydrogen-bond acceptors (Lipinski definition) is 2. The van der Waals surface area contributed by atoms with Gasteiger partial charge in [0.05, 0.1) is 0 Å². The average Bonchev–Trinajstić information content (AvgIpc) is 2.67. The number of fused-ring (bicyclic) bond motifs is 1. The molecule has 1 aliphatic carbocycles. The van der Waals surface area contributed by atoms with E-state index < -0.39 is 0 Å². The largest absolute Gasteiger partial charge is 0.466 e. The summed E-state index contributed by atoms with van der Waals surface area (Å²) in [5.41, 5.74) is 1.76. The van der Waals surface area contributed by atoms with Gasteiger partial charge in [0.2, 0.25) is 0 Å². The van der Waals surface area contributed by atoms with Crippen LogP contribution >= 0.6 is 0 Å². The van der Waals surface area contributed by atoms with E-state index in [-0.39, 0.29) is 0 Å². The lowest BCUT2D eigenvalue weighted by molar-refractivity contribution is 0.234. The summed E-state index contributed by atoms with van der Waals surface area (Å²) in [6, 6.07) is 2.71. The zero-order valence-electron chi connectivity index (χ0n) is 13.0. The first-order valence-electron chi connectivity index (χ1n) is 7.84. The second kappa shape index (κ2) is 6.13. The molecule has 0 saturated heterocycles. The molecule has 0 fully saturated rings. The third-order valence-electron chi connectivity index (χ3n) is 4.16. The SMILES string of the molecule is CCCCCCNC1CC(C)(C)Cc2oc(C)cc21. The highest BCUT2D eigenvalue weighted by Crippen LogP contribution is 2.41. The minimum absolute atomic E-state index is 0.346. The molecule has 1 unspecified atom stereocenters. The van der Waals surface area contributed by atoms with Gasteiger partial charge in [-0.15, -0.1) is 0 Å². The molecule has 0 saturated carbocycles. The Morgan fingerprint density at radius 2 is 2.11 bits per heavy atom. The zero-order valence-corrected chi connectivity index (χ0v) is 13.0. The van der Waals surface area contributed by atoms with Crippen LogP contribution in [0.1, 0.15) is 76.0 Å². The van der Waals surface area contributed by atoms with Gasteiger partial charge in [0, 0.05) is 18.0 Å². The first kappa shape index (κ1) is 14.6. The Hall–Kier alpha value is -0.760. The number of unbranched alkanes of at least 4 members (excludes halogenated alkanes) is 3. The molecule has 1 aromatic rings. The quantitative estimate of drug-likeness (QED) is 0.748. The Kier molecular flexibility index (Phi) is 4.72.